The standard InChI is InChI=1S/C6H3F2N3/c7-5-4(1-2-9)6(8)11-3-10-5/h3H,1H2. The van der Waals surface area contributed by atoms with Crippen molar-refractivity contribution in [2.45, 2.75) is 6.42 Å². The minimum atomic E-state index is -0.973. The van der Waals surface area contributed by atoms with E-state index in [1.807, 2.05) is 0 Å². The lowest BCUT2D eigenvalue weighted by Gasteiger charge is -1.95. The summed E-state index contributed by atoms with van der Waals surface area (Å²) in [7, 11) is 0. The molecule has 0 N–H and O–H groups in total. The highest BCUT2D eigenvalue weighted by atomic mass is 19.1. The third kappa shape index (κ3) is 1.46. The van der Waals surface area contributed by atoms with Gasteiger partial charge < -0.3 is 0 Å². The van der Waals surface area contributed by atoms with Gasteiger partial charge in [-0.25, -0.2) is 9.97 Å². The Bertz CT molecular complexity index is 285. The van der Waals surface area contributed by atoms with Crippen LogP contribution < -0.4 is 0 Å². The second-order valence-electron chi connectivity index (χ2n) is 1.77. The van der Waals surface area contributed by atoms with E-state index in [1.54, 1.807) is 6.07 Å². The molecule has 0 unspecified atom stereocenters. The van der Waals surface area contributed by atoms with Crippen LogP contribution in [-0.2, 0) is 6.42 Å². The van der Waals surface area contributed by atoms with Gasteiger partial charge in [-0.3, -0.25) is 0 Å². The number of hydrogen-bond acceptors (Lipinski definition) is 3. The van der Waals surface area contributed by atoms with Gasteiger partial charge in [-0.05, 0) is 0 Å². The van der Waals surface area contributed by atoms with Gasteiger partial charge in [0.15, 0.2) is 0 Å². The zero-order valence-corrected chi connectivity index (χ0v) is 5.38. The minimum Gasteiger partial charge on any atom is -0.208 e. The van der Waals surface area contributed by atoms with E-state index in [9.17, 15) is 8.78 Å². The Morgan fingerprint density at radius 3 is 2.36 bits per heavy atom. The third-order valence-corrected chi connectivity index (χ3v) is 1.10. The van der Waals surface area contributed by atoms with Crippen LogP contribution in [0.1, 0.15) is 5.56 Å². The van der Waals surface area contributed by atoms with Gasteiger partial charge in [-0.15, -0.1) is 0 Å². The Labute approximate surface area is 61.3 Å². The van der Waals surface area contributed by atoms with Crippen molar-refractivity contribution in [2.75, 3.05) is 0 Å². The van der Waals surface area contributed by atoms with E-state index < -0.39 is 11.9 Å². The molecule has 0 spiro atoms. The summed E-state index contributed by atoms with van der Waals surface area (Å²) >= 11 is 0. The maximum absolute atomic E-state index is 12.5. The average molecular weight is 155 g/mol. The lowest BCUT2D eigenvalue weighted by atomic mass is 10.2. The first kappa shape index (κ1) is 7.54. The highest BCUT2D eigenvalue weighted by Crippen LogP contribution is 2.06. The molecule has 1 heterocycles. The molecule has 0 aliphatic rings. The highest BCUT2D eigenvalue weighted by Gasteiger charge is 2.09. The largest absolute Gasteiger partial charge is 0.223 e. The molecule has 0 fully saturated rings. The first-order chi connectivity index (χ1) is 5.25. The van der Waals surface area contributed by atoms with Crippen LogP contribution in [0, 0.1) is 23.2 Å². The smallest absolute Gasteiger partial charge is 0.208 e. The fourth-order valence-corrected chi connectivity index (χ4v) is 0.596. The van der Waals surface area contributed by atoms with E-state index in [0.29, 0.717) is 0 Å². The van der Waals surface area contributed by atoms with Crippen molar-refractivity contribution >= 4 is 0 Å². The molecule has 0 atom stereocenters. The Morgan fingerprint density at radius 1 is 1.36 bits per heavy atom. The van der Waals surface area contributed by atoms with Crippen LogP contribution in [0.2, 0.25) is 0 Å². The molecule has 0 aliphatic carbocycles. The van der Waals surface area contributed by atoms with E-state index >= 15 is 0 Å². The lowest BCUT2D eigenvalue weighted by Crippen LogP contribution is -1.99. The molecule has 1 aromatic heterocycles. The summed E-state index contributed by atoms with van der Waals surface area (Å²) < 4.78 is 25.0. The fourth-order valence-electron chi connectivity index (χ4n) is 0.596. The summed E-state index contributed by atoms with van der Waals surface area (Å²) in [6.45, 7) is 0. The molecule has 11 heavy (non-hydrogen) atoms. The Hall–Kier alpha value is -1.57. The van der Waals surface area contributed by atoms with Crippen molar-refractivity contribution in [3.63, 3.8) is 0 Å². The molecule has 0 bridgehead atoms. The number of nitrogens with zero attached hydrogens (tertiary/aromatic N) is 3. The number of rotatable bonds is 1. The van der Waals surface area contributed by atoms with Crippen LogP contribution >= 0.6 is 0 Å². The van der Waals surface area contributed by atoms with Gasteiger partial charge >= 0.3 is 0 Å². The van der Waals surface area contributed by atoms with Crippen LogP contribution in [0.15, 0.2) is 6.33 Å². The van der Waals surface area contributed by atoms with Gasteiger partial charge in [-0.1, -0.05) is 0 Å². The van der Waals surface area contributed by atoms with Gasteiger partial charge in [0.1, 0.15) is 6.33 Å². The molecule has 0 aliphatic heterocycles. The third-order valence-electron chi connectivity index (χ3n) is 1.10. The predicted octanol–water partition coefficient (Wildman–Crippen LogP) is 0.821. The van der Waals surface area contributed by atoms with Crippen molar-refractivity contribution in [1.29, 1.82) is 5.26 Å². The van der Waals surface area contributed by atoms with Crippen LogP contribution in [0.3, 0.4) is 0 Å². The second kappa shape index (κ2) is 3.01. The molecule has 0 aromatic carbocycles. The van der Waals surface area contributed by atoms with Gasteiger partial charge in [-0.2, -0.15) is 14.0 Å². The summed E-state index contributed by atoms with van der Waals surface area (Å²) in [6, 6.07) is 1.61. The van der Waals surface area contributed by atoms with E-state index in [4.69, 9.17) is 5.26 Å². The number of hydrogen-bond donors (Lipinski definition) is 0. The highest BCUT2D eigenvalue weighted by molar-refractivity contribution is 5.12. The van der Waals surface area contributed by atoms with Gasteiger partial charge in [0.25, 0.3) is 0 Å². The average Bonchev–Trinajstić information content (AvgIpc) is 1.97. The summed E-state index contributed by atoms with van der Waals surface area (Å²) in [5.74, 6) is -1.95. The minimum absolute atomic E-state index is 0.349. The van der Waals surface area contributed by atoms with Crippen molar-refractivity contribution < 1.29 is 8.78 Å². The maximum Gasteiger partial charge on any atom is 0.223 e. The molecule has 3 nitrogen and oxygen atoms in total. The SMILES string of the molecule is N#CCc1c(F)ncnc1F. The van der Waals surface area contributed by atoms with Crippen LogP contribution in [-0.4, -0.2) is 9.97 Å². The molecular weight excluding hydrogens is 152 g/mol. The molecule has 0 amide bonds. The van der Waals surface area contributed by atoms with Crippen LogP contribution in [0.4, 0.5) is 8.78 Å². The fraction of sp³-hybridized carbons (Fsp3) is 0.167. The summed E-state index contributed by atoms with van der Waals surface area (Å²) in [6.07, 6.45) is 0.421. The van der Waals surface area contributed by atoms with Crippen molar-refractivity contribution in [2.24, 2.45) is 0 Å². The van der Waals surface area contributed by atoms with Gasteiger partial charge in [0, 0.05) is 0 Å². The molecule has 1 aromatic rings. The van der Waals surface area contributed by atoms with E-state index in [1.165, 1.54) is 0 Å². The monoisotopic (exact) mass is 155 g/mol. The summed E-state index contributed by atoms with van der Waals surface area (Å²) in [4.78, 5) is 6.18. The molecule has 1 rings (SSSR count). The van der Waals surface area contributed by atoms with E-state index in [2.05, 4.69) is 9.97 Å². The van der Waals surface area contributed by atoms with E-state index in [-0.39, 0.29) is 12.0 Å². The Morgan fingerprint density at radius 2 is 1.91 bits per heavy atom. The molecule has 0 saturated heterocycles. The number of halogens is 2. The quantitative estimate of drug-likeness (QED) is 0.564. The summed E-state index contributed by atoms with van der Waals surface area (Å²) in [5.41, 5.74) is -0.380. The molecule has 5 heteroatoms. The van der Waals surface area contributed by atoms with Gasteiger partial charge in [0.2, 0.25) is 11.9 Å². The summed E-state index contributed by atoms with van der Waals surface area (Å²) in [5, 5.41) is 8.13. The van der Waals surface area contributed by atoms with Crippen LogP contribution in [0.25, 0.3) is 0 Å². The molecular formula is C6H3F2N3. The first-order valence-electron chi connectivity index (χ1n) is 2.77. The normalized spacial score (nSPS) is 9.18. The zero-order chi connectivity index (χ0) is 8.27. The number of nitriles is 1. The molecule has 56 valence electrons. The Kier molecular flexibility index (Phi) is 2.06. The zero-order valence-electron chi connectivity index (χ0n) is 5.38. The molecule has 0 saturated carbocycles. The van der Waals surface area contributed by atoms with Crippen molar-refractivity contribution in [1.82, 2.24) is 9.97 Å². The first-order valence-corrected chi connectivity index (χ1v) is 2.77. The second-order valence-corrected chi connectivity index (χ2v) is 1.77. The van der Waals surface area contributed by atoms with Crippen molar-refractivity contribution in [3.05, 3.63) is 23.8 Å². The molecule has 0 radical (unpaired) electrons. The predicted molar refractivity (Wildman–Crippen MR) is 31.3 cm³/mol. The van der Waals surface area contributed by atoms with E-state index in [0.717, 1.165) is 6.33 Å². The number of aromatic nitrogens is 2. The van der Waals surface area contributed by atoms with Gasteiger partial charge in [0.05, 0.1) is 18.1 Å². The topological polar surface area (TPSA) is 49.6 Å². The maximum atomic E-state index is 12.5. The Balaban J connectivity index is 3.12. The van der Waals surface area contributed by atoms with Crippen LogP contribution in [0.5, 0.6) is 0 Å². The lowest BCUT2D eigenvalue weighted by molar-refractivity contribution is 0.505. The van der Waals surface area contributed by atoms with Crippen molar-refractivity contribution in [3.8, 4) is 6.07 Å².